The predicted octanol–water partition coefficient (Wildman–Crippen LogP) is 3.25. The highest BCUT2D eigenvalue weighted by Gasteiger charge is 2.38. The maximum Gasteiger partial charge on any atom is 0.376 e. The molecule has 0 aromatic heterocycles. The van der Waals surface area contributed by atoms with Crippen molar-refractivity contribution in [2.75, 3.05) is 18.6 Å². The van der Waals surface area contributed by atoms with Gasteiger partial charge in [-0.2, -0.15) is 11.8 Å². The molecule has 1 unspecified atom stereocenters. The fourth-order valence-electron chi connectivity index (χ4n) is 3.07. The summed E-state index contributed by atoms with van der Waals surface area (Å²) in [6.07, 6.45) is 14.3. The lowest BCUT2D eigenvalue weighted by Crippen LogP contribution is -2.52. The zero-order valence-corrected chi connectivity index (χ0v) is 18.4. The molecule has 0 saturated heterocycles. The van der Waals surface area contributed by atoms with Gasteiger partial charge in [-0.05, 0) is 43.6 Å². The Balaban J connectivity index is 2.48. The van der Waals surface area contributed by atoms with Crippen LogP contribution in [0.5, 0.6) is 0 Å². The quantitative estimate of drug-likeness (QED) is 0.550. The van der Waals surface area contributed by atoms with Gasteiger partial charge in [-0.1, -0.05) is 42.8 Å². The second-order valence-corrected chi connectivity index (χ2v) is 8.46. The van der Waals surface area contributed by atoms with E-state index < -0.39 is 12.0 Å². The maximum absolute atomic E-state index is 12.7. The molecule has 160 valence electrons. The Hall–Kier alpha value is -1.51. The number of carbonyl (C=O) groups excluding carboxylic acids is 1. The summed E-state index contributed by atoms with van der Waals surface area (Å²) in [6, 6.07) is 0. The molecule has 2 aliphatic rings. The summed E-state index contributed by atoms with van der Waals surface area (Å²) in [4.78, 5) is 15.1. The van der Waals surface area contributed by atoms with Crippen LogP contribution < -0.4 is 0 Å². The molecule has 1 aliphatic heterocycles. The van der Waals surface area contributed by atoms with Crippen LogP contribution in [0.4, 0.5) is 0 Å². The molecule has 29 heavy (non-hydrogen) atoms. The van der Waals surface area contributed by atoms with Crippen molar-refractivity contribution in [3.63, 3.8) is 0 Å². The molecule has 0 spiro atoms. The number of amides is 1. The molecule has 8 heteroatoms. The van der Waals surface area contributed by atoms with Gasteiger partial charge in [0.1, 0.15) is 0 Å². The van der Waals surface area contributed by atoms with Crippen molar-refractivity contribution in [2.45, 2.75) is 38.7 Å². The number of allylic oxidation sites excluding steroid dienone is 7. The lowest BCUT2D eigenvalue weighted by Gasteiger charge is -2.34. The molecule has 0 saturated carbocycles. The molecule has 0 aromatic rings. The van der Waals surface area contributed by atoms with E-state index in [1.54, 1.807) is 12.3 Å². The van der Waals surface area contributed by atoms with Gasteiger partial charge < -0.3 is 20.2 Å². The minimum atomic E-state index is -3.36. The summed E-state index contributed by atoms with van der Waals surface area (Å²) >= 11 is 7.85. The Morgan fingerprint density at radius 3 is 2.86 bits per heavy atom. The van der Waals surface area contributed by atoms with Crippen LogP contribution in [0.3, 0.4) is 0 Å². The van der Waals surface area contributed by atoms with Gasteiger partial charge in [0.05, 0.1) is 10.7 Å². The third-order valence-corrected chi connectivity index (χ3v) is 5.55. The largest absolute Gasteiger partial charge is 0.376 e. The first-order valence-electron chi connectivity index (χ1n) is 9.62. The smallest absolute Gasteiger partial charge is 0.346 e. The van der Waals surface area contributed by atoms with Crippen molar-refractivity contribution in [1.29, 1.82) is 0 Å². The van der Waals surface area contributed by atoms with Crippen molar-refractivity contribution in [1.82, 2.24) is 9.80 Å². The number of rotatable bonds is 6. The molecule has 0 bridgehead atoms. The first kappa shape index (κ1) is 23.8. The molecule has 1 atom stereocenters. The summed E-state index contributed by atoms with van der Waals surface area (Å²) in [5.41, 5.74) is 0.923. The molecule has 1 heterocycles. The summed E-state index contributed by atoms with van der Waals surface area (Å²) in [6.45, 7) is 2.78. The molecule has 0 aromatic carbocycles. The Labute approximate surface area is 181 Å². The fraction of sp³-hybridized carbons (Fsp3) is 0.476. The highest BCUT2D eigenvalue weighted by Crippen LogP contribution is 2.29. The lowest BCUT2D eigenvalue weighted by molar-refractivity contribution is -0.373. The van der Waals surface area contributed by atoms with Crippen molar-refractivity contribution < 1.29 is 20.1 Å². The van der Waals surface area contributed by atoms with E-state index in [2.05, 4.69) is 19.1 Å². The van der Waals surface area contributed by atoms with Crippen LogP contribution in [0.1, 0.15) is 32.6 Å². The van der Waals surface area contributed by atoms with Gasteiger partial charge in [0, 0.05) is 30.6 Å². The van der Waals surface area contributed by atoms with E-state index in [0.29, 0.717) is 29.5 Å². The Morgan fingerprint density at radius 2 is 2.17 bits per heavy atom. The van der Waals surface area contributed by atoms with Gasteiger partial charge in [-0.3, -0.25) is 4.79 Å². The summed E-state index contributed by atoms with van der Waals surface area (Å²) < 4.78 is 0. The van der Waals surface area contributed by atoms with E-state index in [-0.39, 0.29) is 17.2 Å². The molecule has 2 rings (SSSR count). The topological polar surface area (TPSA) is 84.2 Å². The second-order valence-electron chi connectivity index (χ2n) is 7.07. The zero-order chi connectivity index (χ0) is 21.4. The van der Waals surface area contributed by atoms with Crippen LogP contribution in [-0.4, -0.2) is 55.7 Å². The van der Waals surface area contributed by atoms with E-state index >= 15 is 0 Å². The van der Waals surface area contributed by atoms with E-state index in [4.69, 9.17) is 11.6 Å². The highest BCUT2D eigenvalue weighted by molar-refractivity contribution is 7.98. The Kier molecular flexibility index (Phi) is 9.04. The van der Waals surface area contributed by atoms with Crippen LogP contribution in [-0.2, 0) is 4.79 Å². The van der Waals surface area contributed by atoms with E-state index in [9.17, 15) is 20.1 Å². The number of halogens is 1. The predicted molar refractivity (Wildman–Crippen MR) is 117 cm³/mol. The lowest BCUT2D eigenvalue weighted by atomic mass is 10.0. The number of hydrogen-bond acceptors (Lipinski definition) is 6. The van der Waals surface area contributed by atoms with Gasteiger partial charge in [-0.15, -0.1) is 0 Å². The van der Waals surface area contributed by atoms with Crippen molar-refractivity contribution in [3.05, 3.63) is 59.1 Å². The summed E-state index contributed by atoms with van der Waals surface area (Å²) in [5.74, 6) is 0.282. The van der Waals surface area contributed by atoms with Gasteiger partial charge >= 0.3 is 6.10 Å². The minimum Gasteiger partial charge on any atom is -0.346 e. The third-order valence-electron chi connectivity index (χ3n) is 4.59. The maximum atomic E-state index is 12.7. The first-order valence-corrected chi connectivity index (χ1v) is 11.4. The van der Waals surface area contributed by atoms with Crippen LogP contribution in [0, 0.1) is 5.92 Å². The van der Waals surface area contributed by atoms with Crippen LogP contribution in [0.25, 0.3) is 0 Å². The van der Waals surface area contributed by atoms with E-state index in [0.717, 1.165) is 18.5 Å². The van der Waals surface area contributed by atoms with Gasteiger partial charge in [0.15, 0.2) is 0 Å². The Bertz CT molecular complexity index is 737. The number of hydrogen-bond donors (Lipinski definition) is 3. The number of nitrogens with zero attached hydrogens (tertiary/aromatic N) is 2. The van der Waals surface area contributed by atoms with Crippen LogP contribution in [0.2, 0.25) is 0 Å². The Morgan fingerprint density at radius 1 is 1.41 bits per heavy atom. The number of thioether (sulfide) groups is 1. The standard InChI is InChI=1S/C21H29ClN2O4S/c1-16-7-5-9-17(10-6-8-16)23-13-4-3-11-18(22)19(15-23)24(21(26,27)28)20(25)12-14-29-2/h5-7,9-11,15-16,26-28H,3-4,8,12-14H2,1-2H3. The first-order chi connectivity index (χ1) is 13.7. The summed E-state index contributed by atoms with van der Waals surface area (Å²) in [5, 5.41) is 29.9. The molecular formula is C21H29ClN2O4S. The fourth-order valence-corrected chi connectivity index (χ4v) is 3.70. The molecule has 3 N–H and O–H groups in total. The number of aliphatic hydroxyl groups is 3. The van der Waals surface area contributed by atoms with Crippen LogP contribution in [0.15, 0.2) is 59.1 Å². The molecule has 6 nitrogen and oxygen atoms in total. The normalized spacial score (nSPS) is 20.7. The van der Waals surface area contributed by atoms with Crippen molar-refractivity contribution in [3.8, 4) is 0 Å². The molecular weight excluding hydrogens is 412 g/mol. The van der Waals surface area contributed by atoms with Crippen molar-refractivity contribution >= 4 is 29.3 Å². The third kappa shape index (κ3) is 7.04. The average Bonchev–Trinajstić information content (AvgIpc) is 2.61. The minimum absolute atomic E-state index is 0.0231. The number of carbonyl (C=O) groups is 1. The summed E-state index contributed by atoms with van der Waals surface area (Å²) in [7, 11) is 0. The SMILES string of the molecule is CSCCC(=O)N(C1=CN(C2=CC=CC(C)CC=C2)CCCC=C1Cl)C(O)(O)O. The molecule has 1 aliphatic carbocycles. The molecule has 0 radical (unpaired) electrons. The monoisotopic (exact) mass is 440 g/mol. The van der Waals surface area contributed by atoms with E-state index in [1.807, 2.05) is 29.4 Å². The highest BCUT2D eigenvalue weighted by atomic mass is 35.5. The van der Waals surface area contributed by atoms with E-state index in [1.165, 1.54) is 11.8 Å². The zero-order valence-electron chi connectivity index (χ0n) is 16.8. The van der Waals surface area contributed by atoms with Crippen molar-refractivity contribution in [2.24, 2.45) is 5.92 Å². The average molecular weight is 441 g/mol. The van der Waals surface area contributed by atoms with Gasteiger partial charge in [0.25, 0.3) is 0 Å². The van der Waals surface area contributed by atoms with Gasteiger partial charge in [0.2, 0.25) is 5.91 Å². The van der Waals surface area contributed by atoms with Gasteiger partial charge in [-0.25, -0.2) is 4.90 Å². The van der Waals surface area contributed by atoms with Crippen LogP contribution >= 0.6 is 23.4 Å². The molecule has 0 fully saturated rings. The second kappa shape index (κ2) is 11.0. The molecule has 1 amide bonds.